The van der Waals surface area contributed by atoms with E-state index in [9.17, 15) is 9.59 Å². The number of nitrogens with zero attached hydrogens (tertiary/aromatic N) is 2. The Bertz CT molecular complexity index is 460. The molecule has 0 saturated heterocycles. The second-order valence-electron chi connectivity index (χ2n) is 5.48. The first-order valence-electron chi connectivity index (χ1n) is 7.14. The number of aliphatic carboxylic acids is 1. The summed E-state index contributed by atoms with van der Waals surface area (Å²) < 4.78 is 0. The van der Waals surface area contributed by atoms with Crippen molar-refractivity contribution in [2.75, 3.05) is 20.1 Å². The van der Waals surface area contributed by atoms with Crippen LogP contribution in [0.25, 0.3) is 0 Å². The molecule has 1 aromatic carbocycles. The van der Waals surface area contributed by atoms with Gasteiger partial charge in [-0.2, -0.15) is 0 Å². The van der Waals surface area contributed by atoms with Crippen LogP contribution in [-0.4, -0.2) is 53.0 Å². The summed E-state index contributed by atoms with van der Waals surface area (Å²) in [6.07, 6.45) is 0.0458. The van der Waals surface area contributed by atoms with E-state index in [0.29, 0.717) is 13.1 Å². The fourth-order valence-electron chi connectivity index (χ4n) is 2.03. The lowest BCUT2D eigenvalue weighted by molar-refractivity contribution is -0.139. The van der Waals surface area contributed by atoms with Gasteiger partial charge in [0.25, 0.3) is 0 Å². The number of hydrogen-bond acceptors (Lipinski definition) is 3. The van der Waals surface area contributed by atoms with E-state index < -0.39 is 5.97 Å². The van der Waals surface area contributed by atoms with Crippen molar-refractivity contribution in [3.8, 4) is 0 Å². The topological polar surface area (TPSA) is 60.9 Å². The smallest absolute Gasteiger partial charge is 0.304 e. The van der Waals surface area contributed by atoms with Gasteiger partial charge in [-0.3, -0.25) is 14.5 Å². The zero-order valence-electron chi connectivity index (χ0n) is 13.0. The predicted octanol–water partition coefficient (Wildman–Crippen LogP) is 1.83. The third-order valence-electron chi connectivity index (χ3n) is 3.25. The number of hydrogen-bond donors (Lipinski definition) is 1. The highest BCUT2D eigenvalue weighted by Crippen LogP contribution is 2.09. The highest BCUT2D eigenvalue weighted by molar-refractivity contribution is 5.78. The van der Waals surface area contributed by atoms with Crippen LogP contribution in [0.2, 0.25) is 0 Å². The first kappa shape index (κ1) is 17.2. The quantitative estimate of drug-likeness (QED) is 0.794. The summed E-state index contributed by atoms with van der Waals surface area (Å²) >= 11 is 0. The van der Waals surface area contributed by atoms with Gasteiger partial charge in [-0.1, -0.05) is 30.3 Å². The van der Waals surface area contributed by atoms with Crippen LogP contribution in [0.15, 0.2) is 30.3 Å². The Balaban J connectivity index is 2.59. The van der Waals surface area contributed by atoms with E-state index in [-0.39, 0.29) is 24.9 Å². The molecule has 0 radical (unpaired) electrons. The maximum absolute atomic E-state index is 12.4. The van der Waals surface area contributed by atoms with Crippen LogP contribution in [0.4, 0.5) is 0 Å². The molecule has 0 heterocycles. The Kier molecular flexibility index (Phi) is 6.88. The molecule has 0 fully saturated rings. The molecule has 1 N–H and O–H groups in total. The zero-order chi connectivity index (χ0) is 15.8. The highest BCUT2D eigenvalue weighted by Gasteiger charge is 2.19. The number of carbonyl (C=O) groups excluding carboxylic acids is 1. The average molecular weight is 292 g/mol. The Morgan fingerprint density at radius 2 is 1.81 bits per heavy atom. The SMILES string of the molecule is CC(C)N(Cc1ccccc1)C(=O)CN(C)CCC(=O)O. The van der Waals surface area contributed by atoms with E-state index in [2.05, 4.69) is 0 Å². The summed E-state index contributed by atoms with van der Waals surface area (Å²) in [7, 11) is 1.77. The molecule has 0 bridgehead atoms. The monoisotopic (exact) mass is 292 g/mol. The van der Waals surface area contributed by atoms with Gasteiger partial charge in [0.15, 0.2) is 0 Å². The number of amides is 1. The molecule has 0 aliphatic carbocycles. The summed E-state index contributed by atoms with van der Waals surface area (Å²) in [6.45, 7) is 5.15. The number of benzene rings is 1. The van der Waals surface area contributed by atoms with Gasteiger partial charge in [0.05, 0.1) is 13.0 Å². The lowest BCUT2D eigenvalue weighted by Gasteiger charge is -2.29. The van der Waals surface area contributed by atoms with Crippen LogP contribution in [-0.2, 0) is 16.1 Å². The van der Waals surface area contributed by atoms with Crippen LogP contribution in [0.1, 0.15) is 25.8 Å². The summed E-state index contributed by atoms with van der Waals surface area (Å²) in [5, 5.41) is 8.67. The molecular weight excluding hydrogens is 268 g/mol. The Hall–Kier alpha value is -1.88. The van der Waals surface area contributed by atoms with Crippen molar-refractivity contribution < 1.29 is 14.7 Å². The molecule has 116 valence electrons. The third kappa shape index (κ3) is 6.40. The highest BCUT2D eigenvalue weighted by atomic mass is 16.4. The molecule has 0 saturated carbocycles. The van der Waals surface area contributed by atoms with Crippen LogP contribution >= 0.6 is 0 Å². The Morgan fingerprint density at radius 3 is 2.33 bits per heavy atom. The fraction of sp³-hybridized carbons (Fsp3) is 0.500. The molecule has 0 aliphatic heterocycles. The minimum Gasteiger partial charge on any atom is -0.481 e. The van der Waals surface area contributed by atoms with E-state index in [1.54, 1.807) is 11.9 Å². The second kappa shape index (κ2) is 8.42. The molecular formula is C16H24N2O3. The van der Waals surface area contributed by atoms with Crippen molar-refractivity contribution >= 4 is 11.9 Å². The van der Waals surface area contributed by atoms with Crippen molar-refractivity contribution in [1.29, 1.82) is 0 Å². The van der Waals surface area contributed by atoms with Gasteiger partial charge < -0.3 is 10.0 Å². The molecule has 5 heteroatoms. The molecule has 0 aliphatic rings. The van der Waals surface area contributed by atoms with Crippen molar-refractivity contribution in [1.82, 2.24) is 9.80 Å². The molecule has 21 heavy (non-hydrogen) atoms. The maximum Gasteiger partial charge on any atom is 0.304 e. The van der Waals surface area contributed by atoms with E-state index in [4.69, 9.17) is 5.11 Å². The van der Waals surface area contributed by atoms with E-state index >= 15 is 0 Å². The average Bonchev–Trinajstić information content (AvgIpc) is 2.43. The van der Waals surface area contributed by atoms with Gasteiger partial charge >= 0.3 is 5.97 Å². The summed E-state index contributed by atoms with van der Waals surface area (Å²) in [6, 6.07) is 9.96. The van der Waals surface area contributed by atoms with Crippen molar-refractivity contribution in [3.05, 3.63) is 35.9 Å². The molecule has 1 amide bonds. The van der Waals surface area contributed by atoms with Gasteiger partial charge in [-0.05, 0) is 26.5 Å². The molecule has 1 aromatic rings. The van der Waals surface area contributed by atoms with Crippen molar-refractivity contribution in [2.24, 2.45) is 0 Å². The molecule has 0 spiro atoms. The van der Waals surface area contributed by atoms with Gasteiger partial charge in [-0.15, -0.1) is 0 Å². The lowest BCUT2D eigenvalue weighted by Crippen LogP contribution is -2.42. The third-order valence-corrected chi connectivity index (χ3v) is 3.25. The van der Waals surface area contributed by atoms with E-state index in [1.165, 1.54) is 0 Å². The van der Waals surface area contributed by atoms with Crippen LogP contribution in [0.5, 0.6) is 0 Å². The summed E-state index contributed by atoms with van der Waals surface area (Å²) in [5.41, 5.74) is 1.09. The standard InChI is InChI=1S/C16H24N2O3/c1-13(2)18(11-14-7-5-4-6-8-14)15(19)12-17(3)10-9-16(20)21/h4-8,13H,9-12H2,1-3H3,(H,20,21). The number of likely N-dealkylation sites (N-methyl/N-ethyl adjacent to an activating group) is 1. The van der Waals surface area contributed by atoms with Gasteiger partial charge in [0, 0.05) is 19.1 Å². The minimum absolute atomic E-state index is 0.0155. The number of carboxylic acids is 1. The van der Waals surface area contributed by atoms with Crippen molar-refractivity contribution in [3.63, 3.8) is 0 Å². The van der Waals surface area contributed by atoms with Gasteiger partial charge in [-0.25, -0.2) is 0 Å². The van der Waals surface area contributed by atoms with E-state index in [1.807, 2.05) is 49.1 Å². The number of carbonyl (C=O) groups is 2. The molecule has 5 nitrogen and oxygen atoms in total. The molecule has 0 aromatic heterocycles. The summed E-state index contributed by atoms with van der Waals surface area (Å²) in [4.78, 5) is 26.5. The van der Waals surface area contributed by atoms with Crippen LogP contribution in [0.3, 0.4) is 0 Å². The first-order valence-corrected chi connectivity index (χ1v) is 7.14. The largest absolute Gasteiger partial charge is 0.481 e. The number of carboxylic acid groups (broad SMARTS) is 1. The summed E-state index contributed by atoms with van der Waals surface area (Å²) in [5.74, 6) is -0.832. The Morgan fingerprint density at radius 1 is 1.19 bits per heavy atom. The second-order valence-corrected chi connectivity index (χ2v) is 5.48. The van der Waals surface area contributed by atoms with E-state index in [0.717, 1.165) is 5.56 Å². The van der Waals surface area contributed by atoms with Gasteiger partial charge in [0.1, 0.15) is 0 Å². The normalized spacial score (nSPS) is 10.9. The lowest BCUT2D eigenvalue weighted by atomic mass is 10.2. The van der Waals surface area contributed by atoms with Crippen molar-refractivity contribution in [2.45, 2.75) is 32.9 Å². The number of rotatable bonds is 8. The van der Waals surface area contributed by atoms with Crippen LogP contribution < -0.4 is 0 Å². The Labute approximate surface area is 126 Å². The molecule has 0 unspecified atom stereocenters. The zero-order valence-corrected chi connectivity index (χ0v) is 13.0. The predicted molar refractivity (Wildman–Crippen MR) is 81.9 cm³/mol. The maximum atomic E-state index is 12.4. The molecule has 1 rings (SSSR count). The molecule has 0 atom stereocenters. The minimum atomic E-state index is -0.848. The fourth-order valence-corrected chi connectivity index (χ4v) is 2.03. The van der Waals surface area contributed by atoms with Crippen LogP contribution in [0, 0.1) is 0 Å². The first-order chi connectivity index (χ1) is 9.90. The van der Waals surface area contributed by atoms with Gasteiger partial charge in [0.2, 0.25) is 5.91 Å².